The highest BCUT2D eigenvalue weighted by molar-refractivity contribution is 6.35. The Labute approximate surface area is 176 Å². The first-order chi connectivity index (χ1) is 14.7. The van der Waals surface area contributed by atoms with Crippen LogP contribution in [0.1, 0.15) is 42.2 Å². The summed E-state index contributed by atoms with van der Waals surface area (Å²) in [6.45, 7) is 3.10. The van der Waals surface area contributed by atoms with Crippen LogP contribution in [0.25, 0.3) is 0 Å². The minimum absolute atomic E-state index is 0.131. The van der Waals surface area contributed by atoms with E-state index in [1.165, 1.54) is 30.6 Å². The van der Waals surface area contributed by atoms with Gasteiger partial charge in [0, 0.05) is 11.8 Å². The van der Waals surface area contributed by atoms with Crippen LogP contribution in [0.4, 0.5) is 20.2 Å². The molecule has 1 aliphatic heterocycles. The van der Waals surface area contributed by atoms with Crippen LogP contribution >= 0.6 is 0 Å². The lowest BCUT2D eigenvalue weighted by Gasteiger charge is -2.17. The lowest BCUT2D eigenvalue weighted by Crippen LogP contribution is -2.30. The molecule has 0 radical (unpaired) electrons. The number of hydrogen-bond acceptors (Lipinski definition) is 4. The van der Waals surface area contributed by atoms with Crippen molar-refractivity contribution in [1.82, 2.24) is 9.78 Å². The molecule has 0 unspecified atom stereocenters. The third-order valence-corrected chi connectivity index (χ3v) is 4.97. The van der Waals surface area contributed by atoms with Crippen LogP contribution in [-0.2, 0) is 6.54 Å². The van der Waals surface area contributed by atoms with E-state index in [1.807, 2.05) is 26.0 Å². The number of alkyl halides is 2. The number of imide groups is 1. The second kappa shape index (κ2) is 7.75. The number of hydrogen-bond donors (Lipinski definition) is 1. The number of nitrogens with zero attached hydrogens (tertiary/aromatic N) is 3. The highest BCUT2D eigenvalue weighted by Crippen LogP contribution is 2.32. The smallest absolute Gasteiger partial charge is 0.266 e. The van der Waals surface area contributed by atoms with Crippen molar-refractivity contribution in [3.63, 3.8) is 0 Å². The molecule has 1 aliphatic rings. The van der Waals surface area contributed by atoms with E-state index in [4.69, 9.17) is 0 Å². The van der Waals surface area contributed by atoms with Crippen molar-refractivity contribution in [2.75, 3.05) is 10.2 Å². The number of carbonyl (C=O) groups excluding carboxylic acids is 3. The van der Waals surface area contributed by atoms with E-state index in [9.17, 15) is 23.2 Å². The summed E-state index contributed by atoms with van der Waals surface area (Å²) < 4.78 is 25.9. The van der Waals surface area contributed by atoms with Crippen molar-refractivity contribution in [3.8, 4) is 0 Å². The summed E-state index contributed by atoms with van der Waals surface area (Å²) in [5, 5.41) is 6.31. The Hall–Kier alpha value is -3.88. The molecule has 0 saturated carbocycles. The third-order valence-electron chi connectivity index (χ3n) is 4.97. The predicted molar refractivity (Wildman–Crippen MR) is 110 cm³/mol. The van der Waals surface area contributed by atoms with Crippen LogP contribution in [-0.4, -0.2) is 33.9 Å². The van der Waals surface area contributed by atoms with E-state index in [2.05, 4.69) is 10.4 Å². The van der Waals surface area contributed by atoms with Crippen molar-refractivity contribution in [2.45, 2.75) is 26.8 Å². The first-order valence-electron chi connectivity index (χ1n) is 9.46. The normalized spacial score (nSPS) is 13.1. The monoisotopic (exact) mass is 424 g/mol. The third kappa shape index (κ3) is 3.81. The summed E-state index contributed by atoms with van der Waals surface area (Å²) in [5.41, 5.74) is 2.93. The minimum atomic E-state index is -2.57. The number of aromatic nitrogens is 2. The number of aryl methyl sites for hydroxylation is 2. The van der Waals surface area contributed by atoms with Gasteiger partial charge in [0.25, 0.3) is 24.1 Å². The van der Waals surface area contributed by atoms with Gasteiger partial charge in [0.15, 0.2) is 0 Å². The summed E-state index contributed by atoms with van der Waals surface area (Å²) in [4.78, 5) is 39.6. The molecule has 0 spiro atoms. The molecule has 1 N–H and O–H groups in total. The number of amides is 3. The van der Waals surface area contributed by atoms with E-state index >= 15 is 0 Å². The van der Waals surface area contributed by atoms with Gasteiger partial charge in [-0.15, -0.1) is 0 Å². The van der Waals surface area contributed by atoms with Crippen LogP contribution in [0.3, 0.4) is 0 Å². The zero-order valence-corrected chi connectivity index (χ0v) is 16.7. The molecular weight excluding hydrogens is 406 g/mol. The molecule has 0 atom stereocenters. The van der Waals surface area contributed by atoms with Gasteiger partial charge in [-0.2, -0.15) is 5.10 Å². The quantitative estimate of drug-likeness (QED) is 0.631. The molecular formula is C22H18F2N4O3. The van der Waals surface area contributed by atoms with Gasteiger partial charge in [0.1, 0.15) is 6.54 Å². The summed E-state index contributed by atoms with van der Waals surface area (Å²) in [7, 11) is 0. The Morgan fingerprint density at radius 1 is 1.06 bits per heavy atom. The molecule has 0 fully saturated rings. The minimum Gasteiger partial charge on any atom is -0.319 e. The van der Waals surface area contributed by atoms with Crippen LogP contribution in [0.5, 0.6) is 0 Å². The average molecular weight is 424 g/mol. The maximum atomic E-state index is 13.0. The second-order valence-electron chi connectivity index (χ2n) is 7.29. The van der Waals surface area contributed by atoms with Crippen molar-refractivity contribution in [2.24, 2.45) is 0 Å². The fourth-order valence-electron chi connectivity index (χ4n) is 3.43. The number of anilines is 2. The molecule has 158 valence electrons. The van der Waals surface area contributed by atoms with E-state index in [1.54, 1.807) is 6.07 Å². The molecule has 3 amide bonds. The molecule has 7 nitrogen and oxygen atoms in total. The van der Waals surface area contributed by atoms with Gasteiger partial charge in [0.05, 0.1) is 28.7 Å². The van der Waals surface area contributed by atoms with Crippen molar-refractivity contribution >= 4 is 29.1 Å². The largest absolute Gasteiger partial charge is 0.319 e. The summed E-state index contributed by atoms with van der Waals surface area (Å²) in [5.74, 6) is -1.51. The van der Waals surface area contributed by atoms with E-state index in [-0.39, 0.29) is 22.4 Å². The molecule has 2 heterocycles. The van der Waals surface area contributed by atoms with Crippen molar-refractivity contribution < 1.29 is 23.2 Å². The SMILES string of the molecule is Cc1ccc(C)c(N2C(=O)c3ccc(C(=O)Nc4cnn(CC(F)F)c4)cc3C2=O)c1. The van der Waals surface area contributed by atoms with Crippen LogP contribution in [0, 0.1) is 13.8 Å². The number of nitrogens with one attached hydrogen (secondary N) is 1. The Kier molecular flexibility index (Phi) is 5.10. The van der Waals surface area contributed by atoms with Gasteiger partial charge in [-0.05, 0) is 49.2 Å². The van der Waals surface area contributed by atoms with Crippen molar-refractivity contribution in [1.29, 1.82) is 0 Å². The zero-order chi connectivity index (χ0) is 22.3. The average Bonchev–Trinajstić information content (AvgIpc) is 3.25. The second-order valence-corrected chi connectivity index (χ2v) is 7.29. The molecule has 1 aromatic heterocycles. The molecule has 0 saturated heterocycles. The van der Waals surface area contributed by atoms with E-state index < -0.39 is 30.7 Å². The Bertz CT molecular complexity index is 1220. The molecule has 31 heavy (non-hydrogen) atoms. The molecule has 9 heteroatoms. The van der Waals surface area contributed by atoms with Crippen LogP contribution < -0.4 is 10.2 Å². The van der Waals surface area contributed by atoms with Gasteiger partial charge in [0.2, 0.25) is 0 Å². The number of fused-ring (bicyclic) bond motifs is 1. The first kappa shape index (κ1) is 20.4. The van der Waals surface area contributed by atoms with E-state index in [0.717, 1.165) is 20.7 Å². The number of benzene rings is 2. The maximum absolute atomic E-state index is 13.0. The maximum Gasteiger partial charge on any atom is 0.266 e. The van der Waals surface area contributed by atoms with Gasteiger partial charge >= 0.3 is 0 Å². The Morgan fingerprint density at radius 2 is 1.81 bits per heavy atom. The summed E-state index contributed by atoms with van der Waals surface area (Å²) in [6, 6.07) is 9.73. The lowest BCUT2D eigenvalue weighted by molar-refractivity contribution is 0.0925. The van der Waals surface area contributed by atoms with Gasteiger partial charge in [-0.3, -0.25) is 19.1 Å². The summed E-state index contributed by atoms with van der Waals surface area (Å²) in [6.07, 6.45) is -0.0254. The van der Waals surface area contributed by atoms with Crippen molar-refractivity contribution in [3.05, 3.63) is 76.6 Å². The molecule has 2 aromatic carbocycles. The zero-order valence-electron chi connectivity index (χ0n) is 16.7. The summed E-state index contributed by atoms with van der Waals surface area (Å²) >= 11 is 0. The lowest BCUT2D eigenvalue weighted by atomic mass is 10.1. The Morgan fingerprint density at radius 3 is 2.55 bits per heavy atom. The predicted octanol–water partition coefficient (Wildman–Crippen LogP) is 3.82. The highest BCUT2D eigenvalue weighted by Gasteiger charge is 2.37. The van der Waals surface area contributed by atoms with Crippen LogP contribution in [0.15, 0.2) is 48.8 Å². The fraction of sp³-hybridized carbons (Fsp3) is 0.182. The molecule has 0 aliphatic carbocycles. The molecule has 0 bridgehead atoms. The molecule has 4 rings (SSSR count). The molecule has 3 aromatic rings. The van der Waals surface area contributed by atoms with Crippen LogP contribution in [0.2, 0.25) is 0 Å². The number of rotatable bonds is 5. The Balaban J connectivity index is 1.59. The number of carbonyl (C=O) groups is 3. The van der Waals surface area contributed by atoms with E-state index in [0.29, 0.717) is 5.69 Å². The van der Waals surface area contributed by atoms with Gasteiger partial charge in [-0.1, -0.05) is 12.1 Å². The highest BCUT2D eigenvalue weighted by atomic mass is 19.3. The van der Waals surface area contributed by atoms with Gasteiger partial charge < -0.3 is 5.32 Å². The first-order valence-corrected chi connectivity index (χ1v) is 9.46. The number of halogens is 2. The topological polar surface area (TPSA) is 84.3 Å². The fourth-order valence-corrected chi connectivity index (χ4v) is 3.43. The van der Waals surface area contributed by atoms with Gasteiger partial charge in [-0.25, -0.2) is 13.7 Å². The standard InChI is InChI=1S/C22H18F2N4O3/c1-12-3-4-13(2)18(7-12)28-21(30)16-6-5-14(8-17(16)22(28)31)20(29)26-15-9-25-27(10-15)11-19(23)24/h3-10,19H,11H2,1-2H3,(H,26,29).